The molecule has 7 aromatic rings. The highest BCUT2D eigenvalue weighted by molar-refractivity contribution is 7.25. The van der Waals surface area contributed by atoms with Gasteiger partial charge in [0.1, 0.15) is 6.33 Å². The summed E-state index contributed by atoms with van der Waals surface area (Å²) in [4.78, 5) is 8.70. The third kappa shape index (κ3) is 2.53. The van der Waals surface area contributed by atoms with Crippen LogP contribution in [0.4, 0.5) is 0 Å². The highest BCUT2D eigenvalue weighted by Gasteiger charge is 2.13. The molecule has 150 valence electrons. The van der Waals surface area contributed by atoms with Crippen molar-refractivity contribution >= 4 is 53.4 Å². The first-order valence-corrected chi connectivity index (χ1v) is 11.4. The highest BCUT2D eigenvalue weighted by atomic mass is 32.1. The van der Waals surface area contributed by atoms with Crippen molar-refractivity contribution in [3.63, 3.8) is 0 Å². The van der Waals surface area contributed by atoms with Gasteiger partial charge in [0.05, 0.1) is 21.3 Å². The molecule has 0 saturated carbocycles. The molecular weight excluding hydrogens is 410 g/mol. The van der Waals surface area contributed by atoms with Gasteiger partial charge >= 0.3 is 0 Å². The topological polar surface area (TPSA) is 30.7 Å². The lowest BCUT2D eigenvalue weighted by atomic mass is 10.0. The van der Waals surface area contributed by atoms with Crippen LogP contribution >= 0.6 is 11.3 Å². The molecule has 3 aromatic heterocycles. The Hall–Kier alpha value is -4.02. The van der Waals surface area contributed by atoms with Crippen LogP contribution < -0.4 is 0 Å². The monoisotopic (exact) mass is 427 g/mol. The SMILES string of the molecule is c1cc(-c2ccc3sc4cncnc4c3c2)cc(-n2c3ccccc3c3ccccc32)c1. The summed E-state index contributed by atoms with van der Waals surface area (Å²) < 4.78 is 4.72. The predicted molar refractivity (Wildman–Crippen MR) is 135 cm³/mol. The van der Waals surface area contributed by atoms with Crippen molar-refractivity contribution in [2.24, 2.45) is 0 Å². The number of rotatable bonds is 2. The third-order valence-electron chi connectivity index (χ3n) is 6.15. The normalized spacial score (nSPS) is 11.8. The molecule has 0 N–H and O–H groups in total. The van der Waals surface area contributed by atoms with Crippen LogP contribution in [0.25, 0.3) is 58.9 Å². The average Bonchev–Trinajstić information content (AvgIpc) is 3.39. The quantitative estimate of drug-likeness (QED) is 0.284. The minimum absolute atomic E-state index is 1.03. The summed E-state index contributed by atoms with van der Waals surface area (Å²) in [7, 11) is 0. The summed E-state index contributed by atoms with van der Waals surface area (Å²) in [5, 5.41) is 3.74. The molecule has 4 aromatic carbocycles. The molecule has 32 heavy (non-hydrogen) atoms. The Balaban J connectivity index is 1.45. The van der Waals surface area contributed by atoms with Gasteiger partial charge < -0.3 is 4.57 Å². The molecule has 0 unspecified atom stereocenters. The fourth-order valence-electron chi connectivity index (χ4n) is 4.72. The Morgan fingerprint density at radius 3 is 2.19 bits per heavy atom. The Labute approximate surface area is 188 Å². The molecule has 0 saturated heterocycles. The van der Waals surface area contributed by atoms with E-state index >= 15 is 0 Å². The summed E-state index contributed by atoms with van der Waals surface area (Å²) in [6, 6.07) is 32.7. The van der Waals surface area contributed by atoms with E-state index in [9.17, 15) is 0 Å². The first kappa shape index (κ1) is 17.6. The molecule has 0 aliphatic heterocycles. The Morgan fingerprint density at radius 1 is 0.625 bits per heavy atom. The van der Waals surface area contributed by atoms with Crippen molar-refractivity contribution in [1.29, 1.82) is 0 Å². The van der Waals surface area contributed by atoms with E-state index in [1.807, 2.05) is 6.20 Å². The van der Waals surface area contributed by atoms with Crippen LogP contribution in [0.2, 0.25) is 0 Å². The van der Waals surface area contributed by atoms with Crippen LogP contribution in [0.3, 0.4) is 0 Å². The van der Waals surface area contributed by atoms with E-state index in [2.05, 4.69) is 106 Å². The van der Waals surface area contributed by atoms with Gasteiger partial charge in [-0.25, -0.2) is 9.97 Å². The first-order valence-electron chi connectivity index (χ1n) is 10.6. The van der Waals surface area contributed by atoms with Gasteiger partial charge in [0.25, 0.3) is 0 Å². The second kappa shape index (κ2) is 6.74. The van der Waals surface area contributed by atoms with Crippen LogP contribution in [0.1, 0.15) is 0 Å². The standard InChI is InChI=1S/C28H17N3S/c1-3-10-24-21(8-1)22-9-2-4-11-25(22)31(24)20-7-5-6-18(14-20)19-12-13-26-23(15-19)28-27(32-26)16-29-17-30-28/h1-17H. The Kier molecular flexibility index (Phi) is 3.72. The highest BCUT2D eigenvalue weighted by Crippen LogP contribution is 2.36. The van der Waals surface area contributed by atoms with Crippen LogP contribution in [0, 0.1) is 0 Å². The van der Waals surface area contributed by atoms with Gasteiger partial charge in [-0.1, -0.05) is 54.6 Å². The maximum atomic E-state index is 4.53. The van der Waals surface area contributed by atoms with Gasteiger partial charge in [-0.15, -0.1) is 11.3 Å². The summed E-state index contributed by atoms with van der Waals surface area (Å²) in [6.07, 6.45) is 3.53. The largest absolute Gasteiger partial charge is 0.309 e. The predicted octanol–water partition coefficient (Wildman–Crippen LogP) is 7.61. The van der Waals surface area contributed by atoms with E-state index in [0.717, 1.165) is 15.9 Å². The van der Waals surface area contributed by atoms with E-state index in [4.69, 9.17) is 0 Å². The third-order valence-corrected chi connectivity index (χ3v) is 7.25. The van der Waals surface area contributed by atoms with Crippen LogP contribution in [0.15, 0.2) is 104 Å². The van der Waals surface area contributed by atoms with Crippen molar-refractivity contribution in [3.8, 4) is 16.8 Å². The average molecular weight is 428 g/mol. The van der Waals surface area contributed by atoms with E-state index in [1.54, 1.807) is 17.7 Å². The van der Waals surface area contributed by atoms with Crippen LogP contribution in [-0.2, 0) is 0 Å². The zero-order valence-corrected chi connectivity index (χ0v) is 17.9. The molecule has 0 bridgehead atoms. The maximum Gasteiger partial charge on any atom is 0.116 e. The summed E-state index contributed by atoms with van der Waals surface area (Å²) in [6.45, 7) is 0. The molecule has 0 aliphatic carbocycles. The number of fused-ring (bicyclic) bond motifs is 6. The first-order chi connectivity index (χ1) is 15.9. The molecule has 7 rings (SSSR count). The van der Waals surface area contributed by atoms with E-state index in [-0.39, 0.29) is 0 Å². The van der Waals surface area contributed by atoms with Gasteiger partial charge in [-0.3, -0.25) is 0 Å². The number of aromatic nitrogens is 3. The summed E-state index contributed by atoms with van der Waals surface area (Å²) in [5.41, 5.74) is 7.03. The van der Waals surface area contributed by atoms with Gasteiger partial charge in [0.15, 0.2) is 0 Å². The lowest BCUT2D eigenvalue weighted by molar-refractivity contribution is 1.18. The van der Waals surface area contributed by atoms with Gasteiger partial charge in [0, 0.05) is 32.7 Å². The van der Waals surface area contributed by atoms with Crippen molar-refractivity contribution in [2.75, 3.05) is 0 Å². The van der Waals surface area contributed by atoms with Crippen molar-refractivity contribution in [2.45, 2.75) is 0 Å². The molecule has 0 atom stereocenters. The minimum Gasteiger partial charge on any atom is -0.309 e. The molecule has 0 fully saturated rings. The van der Waals surface area contributed by atoms with Gasteiger partial charge in [-0.2, -0.15) is 0 Å². The number of para-hydroxylation sites is 2. The molecule has 3 heterocycles. The lowest BCUT2D eigenvalue weighted by Crippen LogP contribution is -1.94. The second-order valence-electron chi connectivity index (χ2n) is 7.97. The lowest BCUT2D eigenvalue weighted by Gasteiger charge is -2.10. The summed E-state index contributed by atoms with van der Waals surface area (Å²) >= 11 is 1.74. The zero-order valence-electron chi connectivity index (χ0n) is 17.1. The number of benzene rings is 4. The number of hydrogen-bond donors (Lipinski definition) is 0. The van der Waals surface area contributed by atoms with E-state index in [0.29, 0.717) is 0 Å². The smallest absolute Gasteiger partial charge is 0.116 e. The van der Waals surface area contributed by atoms with E-state index in [1.165, 1.54) is 43.0 Å². The molecule has 0 spiro atoms. The molecule has 3 nitrogen and oxygen atoms in total. The fourth-order valence-corrected chi connectivity index (χ4v) is 5.73. The van der Waals surface area contributed by atoms with E-state index < -0.39 is 0 Å². The number of thiophene rings is 1. The van der Waals surface area contributed by atoms with Crippen LogP contribution in [-0.4, -0.2) is 14.5 Å². The van der Waals surface area contributed by atoms with Gasteiger partial charge in [0.2, 0.25) is 0 Å². The van der Waals surface area contributed by atoms with Crippen LogP contribution in [0.5, 0.6) is 0 Å². The molecule has 0 aliphatic rings. The van der Waals surface area contributed by atoms with Crippen molar-refractivity contribution in [1.82, 2.24) is 14.5 Å². The molecule has 4 heteroatoms. The maximum absolute atomic E-state index is 4.53. The minimum atomic E-state index is 1.03. The molecular formula is C28H17N3S. The Morgan fingerprint density at radius 2 is 1.38 bits per heavy atom. The number of hydrogen-bond acceptors (Lipinski definition) is 3. The summed E-state index contributed by atoms with van der Waals surface area (Å²) in [5.74, 6) is 0. The zero-order chi connectivity index (χ0) is 21.1. The van der Waals surface area contributed by atoms with Crippen molar-refractivity contribution < 1.29 is 0 Å². The molecule has 0 radical (unpaired) electrons. The fraction of sp³-hybridized carbons (Fsp3) is 0. The molecule has 0 amide bonds. The number of nitrogens with zero attached hydrogens (tertiary/aromatic N) is 3. The second-order valence-corrected chi connectivity index (χ2v) is 9.05. The van der Waals surface area contributed by atoms with Crippen molar-refractivity contribution in [3.05, 3.63) is 104 Å². The van der Waals surface area contributed by atoms with Gasteiger partial charge in [-0.05, 0) is 47.5 Å². The Bertz CT molecular complexity index is 1740.